The molecule has 1 aliphatic rings. The van der Waals surface area contributed by atoms with Crippen molar-refractivity contribution in [1.82, 2.24) is 34.5 Å². The summed E-state index contributed by atoms with van der Waals surface area (Å²) in [6, 6.07) is 6.87. The van der Waals surface area contributed by atoms with Gasteiger partial charge in [-0.15, -0.1) is 0 Å². The molecule has 5 rings (SSSR count). The van der Waals surface area contributed by atoms with Crippen LogP contribution in [0.5, 0.6) is 0 Å². The van der Waals surface area contributed by atoms with Crippen LogP contribution in [0.1, 0.15) is 25.1 Å². The van der Waals surface area contributed by atoms with Gasteiger partial charge in [-0.25, -0.2) is 23.7 Å². The van der Waals surface area contributed by atoms with Crippen molar-refractivity contribution < 1.29 is 8.78 Å². The molecule has 1 aliphatic heterocycles. The second kappa shape index (κ2) is 10.2. The van der Waals surface area contributed by atoms with E-state index >= 15 is 0 Å². The molecule has 0 spiro atoms. The molecule has 1 N–H and O–H groups in total. The average Bonchev–Trinajstić information content (AvgIpc) is 3.22. The number of hydrogen-bond acceptors (Lipinski definition) is 7. The fourth-order valence-corrected chi connectivity index (χ4v) is 4.72. The SMILES string of the molecule is CCc1c2cc(-c3nc(Nc4ccc(CN5CCN(CC)CC5)cn4)ncc3F)cc(F)c2nn1C. The summed E-state index contributed by atoms with van der Waals surface area (Å²) in [7, 11) is 1.77. The van der Waals surface area contributed by atoms with Gasteiger partial charge in [0.25, 0.3) is 0 Å². The average molecular weight is 493 g/mol. The summed E-state index contributed by atoms with van der Waals surface area (Å²) in [5, 5.41) is 7.94. The van der Waals surface area contributed by atoms with Gasteiger partial charge >= 0.3 is 0 Å². The van der Waals surface area contributed by atoms with Crippen LogP contribution in [-0.2, 0) is 20.0 Å². The van der Waals surface area contributed by atoms with Crippen molar-refractivity contribution in [2.75, 3.05) is 38.0 Å². The Morgan fingerprint density at radius 2 is 1.72 bits per heavy atom. The van der Waals surface area contributed by atoms with E-state index in [0.717, 1.165) is 56.7 Å². The highest BCUT2D eigenvalue weighted by atomic mass is 19.1. The van der Waals surface area contributed by atoms with E-state index in [9.17, 15) is 8.78 Å². The second-order valence-corrected chi connectivity index (χ2v) is 9.06. The van der Waals surface area contributed by atoms with Crippen LogP contribution < -0.4 is 5.32 Å². The summed E-state index contributed by atoms with van der Waals surface area (Å²) in [4.78, 5) is 17.7. The Kier molecular flexibility index (Phi) is 6.88. The normalized spacial score (nSPS) is 15.0. The zero-order valence-corrected chi connectivity index (χ0v) is 20.8. The highest BCUT2D eigenvalue weighted by Crippen LogP contribution is 2.30. The Labute approximate surface area is 209 Å². The van der Waals surface area contributed by atoms with Crippen LogP contribution in [-0.4, -0.2) is 67.3 Å². The molecule has 0 atom stereocenters. The molecular weight excluding hydrogens is 462 g/mol. The predicted octanol–water partition coefficient (Wildman–Crippen LogP) is 4.15. The van der Waals surface area contributed by atoms with E-state index in [2.05, 4.69) is 42.1 Å². The summed E-state index contributed by atoms with van der Waals surface area (Å²) >= 11 is 0. The first-order chi connectivity index (χ1) is 17.4. The number of halogens is 2. The molecule has 36 heavy (non-hydrogen) atoms. The smallest absolute Gasteiger partial charge is 0.229 e. The van der Waals surface area contributed by atoms with E-state index in [1.807, 2.05) is 25.3 Å². The summed E-state index contributed by atoms with van der Waals surface area (Å²) in [5.74, 6) is -0.412. The van der Waals surface area contributed by atoms with Crippen LogP contribution in [0.4, 0.5) is 20.5 Å². The molecule has 3 aromatic heterocycles. The highest BCUT2D eigenvalue weighted by molar-refractivity contribution is 5.87. The maximum Gasteiger partial charge on any atom is 0.229 e. The number of nitrogens with one attached hydrogen (secondary N) is 1. The van der Waals surface area contributed by atoms with E-state index in [1.54, 1.807) is 17.8 Å². The van der Waals surface area contributed by atoms with Gasteiger partial charge in [-0.2, -0.15) is 5.10 Å². The Bertz CT molecular complexity index is 1360. The molecule has 4 aromatic rings. The van der Waals surface area contributed by atoms with Crippen LogP contribution in [0.2, 0.25) is 0 Å². The van der Waals surface area contributed by atoms with Gasteiger partial charge in [0.05, 0.1) is 6.20 Å². The number of piperazine rings is 1. The minimum atomic E-state index is -0.632. The lowest BCUT2D eigenvalue weighted by atomic mass is 10.1. The van der Waals surface area contributed by atoms with Crippen molar-refractivity contribution in [3.63, 3.8) is 0 Å². The van der Waals surface area contributed by atoms with Gasteiger partial charge in [0.15, 0.2) is 11.6 Å². The van der Waals surface area contributed by atoms with Gasteiger partial charge in [-0.3, -0.25) is 9.58 Å². The summed E-state index contributed by atoms with van der Waals surface area (Å²) in [6.45, 7) is 10.4. The minimum absolute atomic E-state index is 0.0158. The summed E-state index contributed by atoms with van der Waals surface area (Å²) < 4.78 is 31.2. The first-order valence-electron chi connectivity index (χ1n) is 12.3. The van der Waals surface area contributed by atoms with Gasteiger partial charge in [-0.05, 0) is 36.7 Å². The highest BCUT2D eigenvalue weighted by Gasteiger charge is 2.18. The molecule has 1 fully saturated rings. The molecule has 0 saturated carbocycles. The molecule has 0 amide bonds. The first-order valence-corrected chi connectivity index (χ1v) is 12.3. The lowest BCUT2D eigenvalue weighted by Gasteiger charge is -2.33. The van der Waals surface area contributed by atoms with E-state index in [0.29, 0.717) is 23.2 Å². The molecular formula is C26H30F2N8. The van der Waals surface area contributed by atoms with Gasteiger partial charge in [0.1, 0.15) is 17.0 Å². The molecule has 188 valence electrons. The molecule has 1 aromatic carbocycles. The lowest BCUT2D eigenvalue weighted by molar-refractivity contribution is 0.132. The fraction of sp³-hybridized carbons (Fsp3) is 0.385. The maximum absolute atomic E-state index is 14.8. The molecule has 0 radical (unpaired) electrons. The number of likely N-dealkylation sites (N-methyl/N-ethyl adjacent to an activating group) is 1. The van der Waals surface area contributed by atoms with E-state index in [4.69, 9.17) is 0 Å². The third-order valence-corrected chi connectivity index (χ3v) is 6.75. The molecule has 0 bridgehead atoms. The molecule has 8 nitrogen and oxygen atoms in total. The Morgan fingerprint density at radius 1 is 0.944 bits per heavy atom. The topological polar surface area (TPSA) is 75.0 Å². The van der Waals surface area contributed by atoms with Crippen LogP contribution in [0.3, 0.4) is 0 Å². The number of benzene rings is 1. The molecule has 4 heterocycles. The third kappa shape index (κ3) is 4.91. The van der Waals surface area contributed by atoms with E-state index < -0.39 is 11.6 Å². The third-order valence-electron chi connectivity index (χ3n) is 6.75. The number of nitrogens with zero attached hydrogens (tertiary/aromatic N) is 7. The van der Waals surface area contributed by atoms with Crippen LogP contribution in [0.15, 0.2) is 36.7 Å². The number of fused-ring (bicyclic) bond motifs is 1. The Morgan fingerprint density at radius 3 is 2.42 bits per heavy atom. The van der Waals surface area contributed by atoms with Crippen molar-refractivity contribution in [3.05, 3.63) is 59.6 Å². The number of hydrogen-bond donors (Lipinski definition) is 1. The van der Waals surface area contributed by atoms with Crippen molar-refractivity contribution in [3.8, 4) is 11.3 Å². The first kappa shape index (κ1) is 24.2. The van der Waals surface area contributed by atoms with Crippen molar-refractivity contribution in [2.45, 2.75) is 26.8 Å². The Balaban J connectivity index is 1.33. The Hall–Kier alpha value is -3.50. The number of anilines is 2. The molecule has 10 heteroatoms. The minimum Gasteiger partial charge on any atom is -0.309 e. The van der Waals surface area contributed by atoms with Gasteiger partial charge in [-0.1, -0.05) is 19.9 Å². The molecule has 0 unspecified atom stereocenters. The maximum atomic E-state index is 14.8. The van der Waals surface area contributed by atoms with E-state index in [1.165, 1.54) is 6.07 Å². The number of pyridine rings is 1. The zero-order valence-electron chi connectivity index (χ0n) is 20.8. The fourth-order valence-electron chi connectivity index (χ4n) is 4.72. The number of aryl methyl sites for hydroxylation is 2. The van der Waals surface area contributed by atoms with Crippen LogP contribution in [0.25, 0.3) is 22.2 Å². The summed E-state index contributed by atoms with van der Waals surface area (Å²) in [6.07, 6.45) is 3.59. The van der Waals surface area contributed by atoms with Gasteiger partial charge in [0, 0.05) is 62.6 Å². The molecule has 1 saturated heterocycles. The monoisotopic (exact) mass is 492 g/mol. The zero-order chi connectivity index (χ0) is 25.2. The van der Waals surface area contributed by atoms with Crippen LogP contribution in [0, 0.1) is 11.6 Å². The number of aromatic nitrogens is 5. The van der Waals surface area contributed by atoms with Crippen molar-refractivity contribution >= 4 is 22.7 Å². The quantitative estimate of drug-likeness (QED) is 0.416. The molecule has 0 aliphatic carbocycles. The largest absolute Gasteiger partial charge is 0.309 e. The van der Waals surface area contributed by atoms with Crippen LogP contribution >= 0.6 is 0 Å². The number of rotatable bonds is 7. The summed E-state index contributed by atoms with van der Waals surface area (Å²) in [5.41, 5.74) is 2.61. The second-order valence-electron chi connectivity index (χ2n) is 9.06. The van der Waals surface area contributed by atoms with Gasteiger partial charge < -0.3 is 10.2 Å². The standard InChI is InChI=1S/C26H30F2N8/c1-4-22-19-12-18(13-20(27)25(19)33-34(22)3)24-21(28)15-30-26(32-24)31-23-7-6-17(14-29-23)16-36-10-8-35(5-2)9-11-36/h6-7,12-15H,4-5,8-11,16H2,1-3H3,(H,29,30,31,32). The van der Waals surface area contributed by atoms with Crippen molar-refractivity contribution in [1.29, 1.82) is 0 Å². The van der Waals surface area contributed by atoms with Crippen molar-refractivity contribution in [2.24, 2.45) is 7.05 Å². The predicted molar refractivity (Wildman–Crippen MR) is 136 cm³/mol. The lowest BCUT2D eigenvalue weighted by Crippen LogP contribution is -2.45. The van der Waals surface area contributed by atoms with E-state index in [-0.39, 0.29) is 17.2 Å². The van der Waals surface area contributed by atoms with Gasteiger partial charge in [0.2, 0.25) is 5.95 Å².